The summed E-state index contributed by atoms with van der Waals surface area (Å²) in [6.45, 7) is -1.90. The van der Waals surface area contributed by atoms with Gasteiger partial charge < -0.3 is 35.4 Å². The summed E-state index contributed by atoms with van der Waals surface area (Å²) in [5.74, 6) is -0.787. The monoisotopic (exact) mass is 435 g/mol. The largest absolute Gasteiger partial charge is 0.559 e. The molecule has 0 radical (unpaired) electrons. The Morgan fingerprint density at radius 1 is 1.06 bits per heavy atom. The van der Waals surface area contributed by atoms with Gasteiger partial charge in [-0.05, 0) is 43.9 Å². The van der Waals surface area contributed by atoms with Crippen LogP contribution in [0.3, 0.4) is 0 Å². The molecule has 1 atom stereocenters. The molecule has 1 aromatic heterocycles. The van der Waals surface area contributed by atoms with E-state index in [-0.39, 0.29) is 25.1 Å². The summed E-state index contributed by atoms with van der Waals surface area (Å²) in [7, 11) is 0. The normalized spacial score (nSPS) is 12.3. The van der Waals surface area contributed by atoms with Crippen molar-refractivity contribution in [3.05, 3.63) is 62.9 Å². The summed E-state index contributed by atoms with van der Waals surface area (Å²) < 4.78 is 1.65. The molecule has 1 aromatic carbocycles. The van der Waals surface area contributed by atoms with Crippen LogP contribution >= 0.6 is 0 Å². The second kappa shape index (κ2) is 10.1. The number of nitrogens with zero attached hydrogens (tertiary/aromatic N) is 2. The number of hydrogen-bond donors (Lipinski definition) is 6. The van der Waals surface area contributed by atoms with Gasteiger partial charge in [0.1, 0.15) is 11.8 Å². The van der Waals surface area contributed by atoms with E-state index in [9.17, 15) is 24.3 Å². The van der Waals surface area contributed by atoms with Crippen molar-refractivity contribution in [3.63, 3.8) is 0 Å². The zero-order valence-electron chi connectivity index (χ0n) is 16.8. The Kier molecular flexibility index (Phi) is 7.75. The van der Waals surface area contributed by atoms with E-state index in [1.54, 1.807) is 19.1 Å². The van der Waals surface area contributed by atoms with E-state index in [0.29, 0.717) is 4.57 Å². The molecular weight excluding hydrogens is 411 g/mol. The molecule has 0 fully saturated rings. The van der Waals surface area contributed by atoms with Crippen molar-refractivity contribution >= 4 is 18.7 Å². The van der Waals surface area contributed by atoms with Crippen LogP contribution in [-0.4, -0.2) is 60.5 Å². The minimum absolute atomic E-state index is 0.0331. The van der Waals surface area contributed by atoms with E-state index in [2.05, 4.69) is 10.6 Å². The maximum absolute atomic E-state index is 12.5. The van der Waals surface area contributed by atoms with E-state index in [0.717, 1.165) is 16.3 Å². The Balaban J connectivity index is 2.20. The van der Waals surface area contributed by atoms with Gasteiger partial charge in [-0.3, -0.25) is 14.4 Å². The van der Waals surface area contributed by atoms with Crippen molar-refractivity contribution in [2.45, 2.75) is 32.4 Å². The fraction of sp³-hybridized carbons (Fsp3) is 0.333. The van der Waals surface area contributed by atoms with Crippen LogP contribution in [0.1, 0.15) is 18.9 Å². The average Bonchev–Trinajstić information content (AvgIpc) is 2.71. The van der Waals surface area contributed by atoms with Gasteiger partial charge in [0.15, 0.2) is 0 Å². The van der Waals surface area contributed by atoms with Crippen molar-refractivity contribution in [1.82, 2.24) is 19.8 Å². The number of hydrogen-bond acceptors (Lipinski definition) is 8. The fourth-order valence-corrected chi connectivity index (χ4v) is 2.74. The zero-order valence-corrected chi connectivity index (χ0v) is 16.8. The maximum atomic E-state index is 12.5. The molecule has 31 heavy (non-hydrogen) atoms. The first-order chi connectivity index (χ1) is 14.5. The van der Waals surface area contributed by atoms with Crippen molar-refractivity contribution in [1.29, 1.82) is 0 Å². The summed E-state index contributed by atoms with van der Waals surface area (Å²) in [5.41, 5.74) is -1.26. The predicted octanol–water partition coefficient (Wildman–Crippen LogP) is -2.13. The number of amides is 2. The molecule has 1 heterocycles. The summed E-state index contributed by atoms with van der Waals surface area (Å²) >= 11 is 0. The third kappa shape index (κ3) is 6.81. The Morgan fingerprint density at radius 2 is 1.71 bits per heavy atom. The molecule has 12 nitrogen and oxygen atoms in total. The van der Waals surface area contributed by atoms with Gasteiger partial charge in [0.05, 0.1) is 0 Å². The Labute approximate surface area is 176 Å². The summed E-state index contributed by atoms with van der Waals surface area (Å²) in [6.07, 6.45) is 1.80. The standard InChI is InChI=1S/C18H24BN4O8/c1-2-22-9-10-23(17(27)16(22)26)18(28)21-14(15(25)20-11-19(29,30)31)8-5-12-3-6-13(24)7-4-12/h3-4,6-7,9-10,14,24,29-31H,2,5,8,11H2,1H3,(H,20,25)(H,21,28)/q-1/t14-/m1/s1. The second-order valence-electron chi connectivity index (χ2n) is 6.91. The lowest BCUT2D eigenvalue weighted by Crippen LogP contribution is -2.55. The van der Waals surface area contributed by atoms with Gasteiger partial charge in [-0.1, -0.05) is 12.1 Å². The fourth-order valence-electron chi connectivity index (χ4n) is 2.74. The van der Waals surface area contributed by atoms with Crippen LogP contribution in [0.2, 0.25) is 0 Å². The summed E-state index contributed by atoms with van der Waals surface area (Å²) in [5, 5.41) is 40.9. The number of aryl methyl sites for hydroxylation is 2. The quantitative estimate of drug-likeness (QED) is 0.201. The molecule has 0 unspecified atom stereocenters. The van der Waals surface area contributed by atoms with Gasteiger partial charge in [-0.15, -0.1) is 0 Å². The number of carbonyl (C=O) groups is 2. The first-order valence-electron chi connectivity index (χ1n) is 9.53. The number of phenolic OH excluding ortho intramolecular Hbond substituents is 1. The first kappa shape index (κ1) is 23.9. The van der Waals surface area contributed by atoms with Crippen LogP contribution in [0.5, 0.6) is 5.75 Å². The van der Waals surface area contributed by atoms with E-state index < -0.39 is 42.3 Å². The van der Waals surface area contributed by atoms with Crippen LogP contribution in [0, 0.1) is 0 Å². The third-order valence-corrected chi connectivity index (χ3v) is 4.44. The van der Waals surface area contributed by atoms with Crippen LogP contribution in [0.4, 0.5) is 4.79 Å². The Hall–Kier alpha value is -3.42. The van der Waals surface area contributed by atoms with E-state index >= 15 is 0 Å². The van der Waals surface area contributed by atoms with Gasteiger partial charge in [0, 0.05) is 18.9 Å². The highest BCUT2D eigenvalue weighted by Crippen LogP contribution is 2.12. The van der Waals surface area contributed by atoms with Crippen LogP contribution in [-0.2, 0) is 17.8 Å². The highest BCUT2D eigenvalue weighted by atomic mass is 16.5. The lowest BCUT2D eigenvalue weighted by atomic mass is 9.81. The van der Waals surface area contributed by atoms with Crippen molar-refractivity contribution in [2.75, 3.05) is 6.44 Å². The third-order valence-electron chi connectivity index (χ3n) is 4.44. The number of aromatic hydroxyl groups is 1. The van der Waals surface area contributed by atoms with Gasteiger partial charge >= 0.3 is 23.9 Å². The molecule has 0 spiro atoms. The van der Waals surface area contributed by atoms with E-state index in [1.807, 2.05) is 0 Å². The molecule has 2 amide bonds. The smallest absolute Gasteiger partial charge is 0.390 e. The number of aromatic nitrogens is 2. The molecule has 2 rings (SSSR count). The number of rotatable bonds is 8. The van der Waals surface area contributed by atoms with Gasteiger partial charge in [-0.25, -0.2) is 9.36 Å². The maximum Gasteiger partial charge on any atom is 0.390 e. The molecule has 6 N–H and O–H groups in total. The Morgan fingerprint density at radius 3 is 2.29 bits per heavy atom. The molecular formula is C18H24BN4O8-. The first-order valence-corrected chi connectivity index (χ1v) is 9.53. The van der Waals surface area contributed by atoms with Crippen LogP contribution in [0.15, 0.2) is 46.2 Å². The number of carbonyl (C=O) groups excluding carboxylic acids is 2. The number of nitrogens with one attached hydrogen (secondary N) is 2. The minimum Gasteiger partial charge on any atom is -0.559 e. The highest BCUT2D eigenvalue weighted by molar-refractivity contribution is 6.56. The highest BCUT2D eigenvalue weighted by Gasteiger charge is 2.24. The predicted molar refractivity (Wildman–Crippen MR) is 110 cm³/mol. The minimum atomic E-state index is -3.79. The molecule has 168 valence electrons. The molecule has 0 saturated carbocycles. The van der Waals surface area contributed by atoms with Crippen molar-refractivity contribution < 1.29 is 29.8 Å². The van der Waals surface area contributed by atoms with Crippen LogP contribution < -0.4 is 21.8 Å². The molecule has 2 aromatic rings. The zero-order chi connectivity index (χ0) is 23.2. The van der Waals surface area contributed by atoms with Gasteiger partial charge in [0.2, 0.25) is 5.91 Å². The second-order valence-corrected chi connectivity index (χ2v) is 6.91. The summed E-state index contributed by atoms with van der Waals surface area (Å²) in [4.78, 5) is 49.1. The lowest BCUT2D eigenvalue weighted by molar-refractivity contribution is -0.123. The van der Waals surface area contributed by atoms with E-state index in [1.165, 1.54) is 18.3 Å². The number of benzene rings is 1. The molecule has 0 aliphatic rings. The molecule has 0 saturated heterocycles. The lowest BCUT2D eigenvalue weighted by Gasteiger charge is -2.24. The molecule has 0 aliphatic carbocycles. The van der Waals surface area contributed by atoms with Gasteiger partial charge in [0.25, 0.3) is 0 Å². The molecule has 0 aliphatic heterocycles. The summed E-state index contributed by atoms with van der Waals surface area (Å²) in [6, 6.07) is 3.87. The molecule has 0 bridgehead atoms. The van der Waals surface area contributed by atoms with Crippen molar-refractivity contribution in [3.8, 4) is 5.75 Å². The Bertz CT molecular complexity index is 1040. The topological polar surface area (TPSA) is 183 Å². The number of phenols is 1. The molecule has 13 heteroatoms. The van der Waals surface area contributed by atoms with Gasteiger partial charge in [-0.2, -0.15) is 0 Å². The van der Waals surface area contributed by atoms with E-state index in [4.69, 9.17) is 15.1 Å². The van der Waals surface area contributed by atoms with Crippen LogP contribution in [0.25, 0.3) is 0 Å². The van der Waals surface area contributed by atoms with Crippen molar-refractivity contribution in [2.24, 2.45) is 0 Å². The SMILES string of the molecule is CCn1ccn(C(=O)N[C@H](CCc2ccc(O)cc2)C(=O)NC[B-](O)(O)O)c(=O)c1=O. The average molecular weight is 435 g/mol.